The molecule has 100 valence electrons. The van der Waals surface area contributed by atoms with Crippen LogP contribution in [0.1, 0.15) is 18.9 Å². The SMILES string of the molecule is CC(=O)NCCC=Cc1c[nH]c2nc(Cl)nc(Cl)c12. The highest BCUT2D eigenvalue weighted by molar-refractivity contribution is 6.36. The van der Waals surface area contributed by atoms with E-state index >= 15 is 0 Å². The van der Waals surface area contributed by atoms with Gasteiger partial charge in [0.2, 0.25) is 11.2 Å². The Bertz CT molecular complexity index is 636. The lowest BCUT2D eigenvalue weighted by Gasteiger charge is -1.97. The van der Waals surface area contributed by atoms with E-state index in [0.717, 1.165) is 17.4 Å². The summed E-state index contributed by atoms with van der Waals surface area (Å²) >= 11 is 11.8. The highest BCUT2D eigenvalue weighted by Gasteiger charge is 2.09. The lowest BCUT2D eigenvalue weighted by Crippen LogP contribution is -2.20. The van der Waals surface area contributed by atoms with Crippen molar-refractivity contribution >= 4 is 46.2 Å². The van der Waals surface area contributed by atoms with E-state index in [-0.39, 0.29) is 11.2 Å². The summed E-state index contributed by atoms with van der Waals surface area (Å²) in [5.74, 6) is -0.0356. The van der Waals surface area contributed by atoms with Gasteiger partial charge in [-0.25, -0.2) is 4.98 Å². The summed E-state index contributed by atoms with van der Waals surface area (Å²) in [6.07, 6.45) is 6.38. The molecule has 0 atom stereocenters. The normalized spacial score (nSPS) is 11.3. The highest BCUT2D eigenvalue weighted by Crippen LogP contribution is 2.26. The second-order valence-corrected chi connectivity index (χ2v) is 4.62. The van der Waals surface area contributed by atoms with Crippen LogP contribution in [0.25, 0.3) is 17.1 Å². The maximum absolute atomic E-state index is 10.7. The molecule has 0 aliphatic carbocycles. The fourth-order valence-electron chi connectivity index (χ4n) is 1.66. The molecular weight excluding hydrogens is 287 g/mol. The van der Waals surface area contributed by atoms with Crippen molar-refractivity contribution in [3.63, 3.8) is 0 Å². The Hall–Kier alpha value is -1.59. The number of nitrogens with one attached hydrogen (secondary N) is 2. The number of carbonyl (C=O) groups excluding carboxylic acids is 1. The summed E-state index contributed by atoms with van der Waals surface area (Å²) < 4.78 is 0. The van der Waals surface area contributed by atoms with Gasteiger partial charge in [-0.1, -0.05) is 23.8 Å². The molecule has 0 aliphatic heterocycles. The fourth-order valence-corrected chi connectivity index (χ4v) is 2.15. The minimum atomic E-state index is -0.0356. The maximum atomic E-state index is 10.7. The second-order valence-electron chi connectivity index (χ2n) is 3.93. The Kier molecular flexibility index (Phi) is 4.39. The van der Waals surface area contributed by atoms with Gasteiger partial charge in [-0.05, 0) is 18.0 Å². The lowest BCUT2D eigenvalue weighted by atomic mass is 10.2. The number of nitrogens with zero attached hydrogens (tertiary/aromatic N) is 2. The summed E-state index contributed by atoms with van der Waals surface area (Å²) in [4.78, 5) is 21.6. The first kappa shape index (κ1) is 13.8. The van der Waals surface area contributed by atoms with Crippen LogP contribution < -0.4 is 5.32 Å². The van der Waals surface area contributed by atoms with Crippen molar-refractivity contribution in [1.82, 2.24) is 20.3 Å². The van der Waals surface area contributed by atoms with E-state index in [2.05, 4.69) is 20.3 Å². The number of halogens is 2. The molecule has 2 heterocycles. The number of H-pyrrole nitrogens is 1. The van der Waals surface area contributed by atoms with Crippen molar-refractivity contribution < 1.29 is 4.79 Å². The maximum Gasteiger partial charge on any atom is 0.225 e. The average molecular weight is 299 g/mol. The number of rotatable bonds is 4. The molecular formula is C12H12Cl2N4O. The van der Waals surface area contributed by atoms with E-state index in [1.807, 2.05) is 12.2 Å². The number of fused-ring (bicyclic) bond motifs is 1. The zero-order valence-corrected chi connectivity index (χ0v) is 11.7. The number of amides is 1. The third-order valence-electron chi connectivity index (χ3n) is 2.47. The minimum Gasteiger partial charge on any atom is -0.356 e. The largest absolute Gasteiger partial charge is 0.356 e. The molecule has 2 N–H and O–H groups in total. The molecule has 0 aliphatic rings. The first-order chi connectivity index (χ1) is 9.08. The molecule has 0 spiro atoms. The smallest absolute Gasteiger partial charge is 0.225 e. The molecule has 0 aromatic carbocycles. The van der Waals surface area contributed by atoms with E-state index in [4.69, 9.17) is 23.2 Å². The van der Waals surface area contributed by atoms with Crippen LogP contribution in [0.5, 0.6) is 0 Å². The molecule has 2 aromatic heterocycles. The summed E-state index contributed by atoms with van der Waals surface area (Å²) in [6.45, 7) is 2.09. The van der Waals surface area contributed by atoms with Crippen molar-refractivity contribution in [3.05, 3.63) is 28.3 Å². The lowest BCUT2D eigenvalue weighted by molar-refractivity contribution is -0.118. The quantitative estimate of drug-likeness (QED) is 0.518. The van der Waals surface area contributed by atoms with Crippen LogP contribution in [-0.2, 0) is 4.79 Å². The molecule has 5 nitrogen and oxygen atoms in total. The van der Waals surface area contributed by atoms with Crippen LogP contribution in [0.3, 0.4) is 0 Å². The first-order valence-corrected chi connectivity index (χ1v) is 6.44. The molecule has 0 bridgehead atoms. The van der Waals surface area contributed by atoms with Crippen molar-refractivity contribution in [2.24, 2.45) is 0 Å². The van der Waals surface area contributed by atoms with Gasteiger partial charge in [0.25, 0.3) is 0 Å². The average Bonchev–Trinajstić information content (AvgIpc) is 2.71. The van der Waals surface area contributed by atoms with Crippen LogP contribution in [-0.4, -0.2) is 27.4 Å². The number of carbonyl (C=O) groups is 1. The van der Waals surface area contributed by atoms with E-state index in [0.29, 0.717) is 17.3 Å². The number of hydrogen-bond acceptors (Lipinski definition) is 3. The highest BCUT2D eigenvalue weighted by atomic mass is 35.5. The van der Waals surface area contributed by atoms with E-state index in [9.17, 15) is 4.79 Å². The number of aromatic amines is 1. The van der Waals surface area contributed by atoms with Crippen LogP contribution in [0.4, 0.5) is 0 Å². The monoisotopic (exact) mass is 298 g/mol. The van der Waals surface area contributed by atoms with Crippen molar-refractivity contribution in [1.29, 1.82) is 0 Å². The zero-order chi connectivity index (χ0) is 13.8. The molecule has 0 unspecified atom stereocenters. The van der Waals surface area contributed by atoms with Gasteiger partial charge in [-0.2, -0.15) is 4.98 Å². The molecule has 7 heteroatoms. The number of aromatic nitrogens is 3. The van der Waals surface area contributed by atoms with Crippen LogP contribution in [0.2, 0.25) is 10.4 Å². The molecule has 2 rings (SSSR count). The van der Waals surface area contributed by atoms with Crippen LogP contribution in [0.15, 0.2) is 12.3 Å². The predicted molar refractivity (Wildman–Crippen MR) is 76.2 cm³/mol. The Morgan fingerprint density at radius 2 is 2.26 bits per heavy atom. The van der Waals surface area contributed by atoms with Gasteiger partial charge in [-0.15, -0.1) is 0 Å². The van der Waals surface area contributed by atoms with Crippen molar-refractivity contribution in [2.45, 2.75) is 13.3 Å². The molecule has 1 amide bonds. The summed E-state index contributed by atoms with van der Waals surface area (Å²) in [7, 11) is 0. The molecule has 0 radical (unpaired) electrons. The Labute approximate surface area is 120 Å². The standard InChI is InChI=1S/C12H12Cl2N4O/c1-7(19)15-5-3-2-4-8-6-16-11-9(8)10(13)17-12(14)18-11/h2,4,6H,3,5H2,1H3,(H,15,19)(H,16,17,18). The minimum absolute atomic E-state index is 0.0356. The van der Waals surface area contributed by atoms with Crippen molar-refractivity contribution in [3.8, 4) is 0 Å². The molecule has 0 fully saturated rings. The zero-order valence-electron chi connectivity index (χ0n) is 10.2. The molecule has 0 saturated carbocycles. The van der Waals surface area contributed by atoms with Crippen LogP contribution in [0, 0.1) is 0 Å². The van der Waals surface area contributed by atoms with E-state index in [1.54, 1.807) is 6.20 Å². The molecule has 19 heavy (non-hydrogen) atoms. The van der Waals surface area contributed by atoms with Crippen molar-refractivity contribution in [2.75, 3.05) is 6.54 Å². The van der Waals surface area contributed by atoms with Gasteiger partial charge in [0.05, 0.1) is 5.39 Å². The third-order valence-corrected chi connectivity index (χ3v) is 2.92. The Balaban J connectivity index is 2.13. The van der Waals surface area contributed by atoms with Crippen LogP contribution >= 0.6 is 23.2 Å². The van der Waals surface area contributed by atoms with Gasteiger partial charge in [0.15, 0.2) is 0 Å². The second kappa shape index (κ2) is 6.04. The van der Waals surface area contributed by atoms with Gasteiger partial charge in [-0.3, -0.25) is 4.79 Å². The summed E-state index contributed by atoms with van der Waals surface area (Å²) in [5.41, 5.74) is 1.49. The van der Waals surface area contributed by atoms with Gasteiger partial charge in [0, 0.05) is 25.2 Å². The van der Waals surface area contributed by atoms with Gasteiger partial charge in [0.1, 0.15) is 10.8 Å². The molecule has 0 saturated heterocycles. The van der Waals surface area contributed by atoms with Gasteiger partial charge < -0.3 is 10.3 Å². The summed E-state index contributed by atoms with van der Waals surface area (Å²) in [5, 5.41) is 3.88. The first-order valence-electron chi connectivity index (χ1n) is 5.69. The number of hydrogen-bond donors (Lipinski definition) is 2. The third kappa shape index (κ3) is 3.45. The summed E-state index contributed by atoms with van der Waals surface area (Å²) in [6, 6.07) is 0. The van der Waals surface area contributed by atoms with E-state index < -0.39 is 0 Å². The predicted octanol–water partition coefficient (Wildman–Crippen LogP) is 2.80. The Morgan fingerprint density at radius 1 is 1.47 bits per heavy atom. The van der Waals surface area contributed by atoms with Gasteiger partial charge >= 0.3 is 0 Å². The van der Waals surface area contributed by atoms with E-state index in [1.165, 1.54) is 6.92 Å². The topological polar surface area (TPSA) is 70.7 Å². The molecule has 2 aromatic rings. The Morgan fingerprint density at radius 3 is 3.00 bits per heavy atom. The fraction of sp³-hybridized carbons (Fsp3) is 0.250.